The van der Waals surface area contributed by atoms with Gasteiger partial charge in [0.15, 0.2) is 5.78 Å². The Labute approximate surface area is 189 Å². The van der Waals surface area contributed by atoms with Crippen LogP contribution in [-0.4, -0.2) is 23.8 Å². The van der Waals surface area contributed by atoms with E-state index in [1.807, 2.05) is 41.5 Å². The van der Waals surface area contributed by atoms with E-state index >= 15 is 0 Å². The van der Waals surface area contributed by atoms with Crippen LogP contribution in [0.3, 0.4) is 0 Å². The van der Waals surface area contributed by atoms with E-state index in [1.165, 1.54) is 24.0 Å². The molecule has 0 spiro atoms. The third-order valence-electron chi connectivity index (χ3n) is 6.39. The predicted molar refractivity (Wildman–Crippen MR) is 126 cm³/mol. The number of anilines is 1. The normalized spacial score (nSPS) is 18.7. The van der Waals surface area contributed by atoms with Crippen LogP contribution >= 0.6 is 0 Å². The summed E-state index contributed by atoms with van der Waals surface area (Å²) in [7, 11) is 1.62. The molecule has 0 saturated carbocycles. The summed E-state index contributed by atoms with van der Waals surface area (Å²) >= 11 is 0. The van der Waals surface area contributed by atoms with Crippen LogP contribution < -0.4 is 4.90 Å². The summed E-state index contributed by atoms with van der Waals surface area (Å²) in [4.78, 5) is 28.0. The molecule has 0 aromatic heterocycles. The van der Waals surface area contributed by atoms with Crippen molar-refractivity contribution in [2.45, 2.75) is 64.7 Å². The number of halogens is 1. The number of fused-ring (bicyclic) bond motifs is 1. The molecule has 1 heterocycles. The second-order valence-electron chi connectivity index (χ2n) is 10.7. The molecule has 4 nitrogen and oxygen atoms in total. The molecule has 1 aliphatic rings. The zero-order valence-corrected chi connectivity index (χ0v) is 20.2. The number of aromatic hydroxyl groups is 1. The zero-order valence-electron chi connectivity index (χ0n) is 20.2. The number of phenols is 1. The molecule has 1 aliphatic heterocycles. The van der Waals surface area contributed by atoms with Crippen molar-refractivity contribution in [1.29, 1.82) is 0 Å². The number of carbonyl (C=O) groups is 2. The Morgan fingerprint density at radius 2 is 1.53 bits per heavy atom. The van der Waals surface area contributed by atoms with E-state index in [2.05, 4.69) is 6.58 Å². The first kappa shape index (κ1) is 23.7. The van der Waals surface area contributed by atoms with Gasteiger partial charge in [0, 0.05) is 23.9 Å². The lowest BCUT2D eigenvalue weighted by molar-refractivity contribution is -0.123. The predicted octanol–water partition coefficient (Wildman–Crippen LogP) is 5.53. The van der Waals surface area contributed by atoms with Crippen LogP contribution in [0, 0.1) is 5.82 Å². The van der Waals surface area contributed by atoms with Gasteiger partial charge < -0.3 is 10.0 Å². The first-order chi connectivity index (χ1) is 14.5. The van der Waals surface area contributed by atoms with Gasteiger partial charge in [-0.15, -0.1) is 0 Å². The second kappa shape index (κ2) is 7.29. The Balaban J connectivity index is 2.56. The fourth-order valence-corrected chi connectivity index (χ4v) is 4.58. The SMILES string of the molecule is C=C(C(C)=O)[C@]1(c2cc(C(C)(C)C)c(O)c(C(C)(C)C)c2)C(=O)N(C)c2ccc(F)cc21. The molecule has 3 rings (SSSR count). The van der Waals surface area contributed by atoms with Gasteiger partial charge in [0.25, 0.3) is 0 Å². The van der Waals surface area contributed by atoms with Crippen molar-refractivity contribution in [2.24, 2.45) is 0 Å². The van der Waals surface area contributed by atoms with Gasteiger partial charge in [-0.1, -0.05) is 48.1 Å². The molecular weight excluding hydrogens is 405 g/mol. The molecule has 0 fully saturated rings. The minimum Gasteiger partial charge on any atom is -0.507 e. The highest BCUT2D eigenvalue weighted by molar-refractivity contribution is 6.18. The molecule has 0 radical (unpaired) electrons. The highest BCUT2D eigenvalue weighted by atomic mass is 19.1. The lowest BCUT2D eigenvalue weighted by Gasteiger charge is -2.34. The smallest absolute Gasteiger partial charge is 0.246 e. The topological polar surface area (TPSA) is 57.6 Å². The van der Waals surface area contributed by atoms with Gasteiger partial charge >= 0.3 is 0 Å². The highest BCUT2D eigenvalue weighted by Gasteiger charge is 2.55. The lowest BCUT2D eigenvalue weighted by atomic mass is 9.66. The van der Waals surface area contributed by atoms with E-state index in [0.717, 1.165) is 0 Å². The summed E-state index contributed by atoms with van der Waals surface area (Å²) in [6.45, 7) is 17.2. The summed E-state index contributed by atoms with van der Waals surface area (Å²) in [5, 5.41) is 11.2. The number of Topliss-reactive ketones (excluding diaryl/α,β-unsaturated/α-hetero) is 1. The van der Waals surface area contributed by atoms with Gasteiger partial charge in [-0.05, 0) is 64.8 Å². The van der Waals surface area contributed by atoms with Crippen molar-refractivity contribution in [2.75, 3.05) is 11.9 Å². The first-order valence-corrected chi connectivity index (χ1v) is 10.7. The molecule has 1 N–H and O–H groups in total. The van der Waals surface area contributed by atoms with Crippen LogP contribution in [0.25, 0.3) is 0 Å². The number of ketones is 1. The maximum Gasteiger partial charge on any atom is 0.246 e. The Morgan fingerprint density at radius 3 is 1.97 bits per heavy atom. The lowest BCUT2D eigenvalue weighted by Crippen LogP contribution is -2.43. The van der Waals surface area contributed by atoms with E-state index in [0.29, 0.717) is 27.9 Å². The zero-order chi connectivity index (χ0) is 24.4. The van der Waals surface area contributed by atoms with Crippen molar-refractivity contribution in [3.05, 3.63) is 70.6 Å². The minimum absolute atomic E-state index is 0.0732. The highest BCUT2D eigenvalue weighted by Crippen LogP contribution is 2.52. The number of rotatable bonds is 3. The van der Waals surface area contributed by atoms with Crippen LogP contribution in [0.5, 0.6) is 5.75 Å². The second-order valence-corrected chi connectivity index (χ2v) is 10.7. The summed E-state index contributed by atoms with van der Waals surface area (Å²) < 4.78 is 14.5. The third kappa shape index (κ3) is 3.35. The molecule has 5 heteroatoms. The van der Waals surface area contributed by atoms with Gasteiger partial charge in [-0.2, -0.15) is 0 Å². The van der Waals surface area contributed by atoms with E-state index < -0.39 is 22.1 Å². The van der Waals surface area contributed by atoms with Crippen molar-refractivity contribution in [3.8, 4) is 5.75 Å². The van der Waals surface area contributed by atoms with Crippen molar-refractivity contribution in [1.82, 2.24) is 0 Å². The maximum atomic E-state index is 14.5. The average Bonchev–Trinajstić information content (AvgIpc) is 2.87. The summed E-state index contributed by atoms with van der Waals surface area (Å²) in [5.74, 6) is -1.07. The summed E-state index contributed by atoms with van der Waals surface area (Å²) in [6, 6.07) is 7.70. The van der Waals surface area contributed by atoms with Crippen LogP contribution in [0.15, 0.2) is 42.5 Å². The third-order valence-corrected chi connectivity index (χ3v) is 6.39. The fourth-order valence-electron chi connectivity index (χ4n) is 4.58. The Morgan fingerprint density at radius 1 is 1.03 bits per heavy atom. The molecule has 2 aromatic carbocycles. The quantitative estimate of drug-likeness (QED) is 0.642. The van der Waals surface area contributed by atoms with Gasteiger partial charge in [-0.25, -0.2) is 4.39 Å². The van der Waals surface area contributed by atoms with Gasteiger partial charge in [-0.3, -0.25) is 9.59 Å². The van der Waals surface area contributed by atoms with E-state index in [1.54, 1.807) is 25.2 Å². The van der Waals surface area contributed by atoms with Crippen LogP contribution in [0.2, 0.25) is 0 Å². The Hall–Kier alpha value is -2.95. The number of nitrogens with zero attached hydrogens (tertiary/aromatic N) is 1. The molecule has 1 atom stereocenters. The van der Waals surface area contributed by atoms with Crippen LogP contribution in [-0.2, 0) is 25.8 Å². The number of hydrogen-bond donors (Lipinski definition) is 1. The first-order valence-electron chi connectivity index (χ1n) is 10.7. The minimum atomic E-state index is -1.58. The molecule has 0 aliphatic carbocycles. The molecular formula is C27H32FNO3. The number of benzene rings is 2. The average molecular weight is 438 g/mol. The fraction of sp³-hybridized carbons (Fsp3) is 0.407. The molecule has 32 heavy (non-hydrogen) atoms. The molecule has 0 bridgehead atoms. The molecule has 0 unspecified atom stereocenters. The van der Waals surface area contributed by atoms with Crippen LogP contribution in [0.1, 0.15) is 70.7 Å². The van der Waals surface area contributed by atoms with Crippen LogP contribution in [0.4, 0.5) is 10.1 Å². The van der Waals surface area contributed by atoms with Gasteiger partial charge in [0.1, 0.15) is 17.0 Å². The number of carbonyl (C=O) groups excluding carboxylic acids is 2. The summed E-state index contributed by atoms with van der Waals surface area (Å²) in [5.41, 5.74) is 0.319. The van der Waals surface area contributed by atoms with Crippen molar-refractivity contribution < 1.29 is 19.1 Å². The summed E-state index contributed by atoms with van der Waals surface area (Å²) in [6.07, 6.45) is 0. The Bertz CT molecular complexity index is 1120. The number of likely N-dealkylation sites (N-methyl/N-ethyl adjacent to an activating group) is 1. The van der Waals surface area contributed by atoms with E-state index in [-0.39, 0.29) is 23.0 Å². The maximum absolute atomic E-state index is 14.5. The molecule has 170 valence electrons. The Kier molecular flexibility index (Phi) is 5.40. The monoisotopic (exact) mass is 437 g/mol. The van der Waals surface area contributed by atoms with E-state index in [9.17, 15) is 19.1 Å². The van der Waals surface area contributed by atoms with Gasteiger partial charge in [0.2, 0.25) is 5.91 Å². The van der Waals surface area contributed by atoms with E-state index in [4.69, 9.17) is 0 Å². The largest absolute Gasteiger partial charge is 0.507 e. The molecule has 0 saturated heterocycles. The standard InChI is InChI=1S/C27H32FNO3/c1-15(16(2)30)27(19-14-18(28)10-11-22(19)29(9)24(27)32)17-12-20(25(3,4)5)23(31)21(13-17)26(6,7)8/h10-14,31H,1H2,2-9H3/t27-/m1/s1. The number of hydrogen-bond acceptors (Lipinski definition) is 3. The van der Waals surface area contributed by atoms with Crippen molar-refractivity contribution >= 4 is 17.4 Å². The molecule has 2 aromatic rings. The van der Waals surface area contributed by atoms with Gasteiger partial charge in [0.05, 0.1) is 0 Å². The number of amides is 1. The number of phenolic OH excluding ortho intramolecular Hbond substituents is 1. The van der Waals surface area contributed by atoms with Crippen molar-refractivity contribution in [3.63, 3.8) is 0 Å². The molecule has 1 amide bonds.